The van der Waals surface area contributed by atoms with E-state index < -0.39 is 17.9 Å². The highest BCUT2D eigenvalue weighted by atomic mass is 16.5. The zero-order valence-electron chi connectivity index (χ0n) is 34.8. The summed E-state index contributed by atoms with van der Waals surface area (Å²) < 4.78 is 21.5. The van der Waals surface area contributed by atoms with Crippen molar-refractivity contribution in [2.45, 2.75) is 141 Å². The highest BCUT2D eigenvalue weighted by Crippen LogP contribution is 2.16. The number of amides is 2. The zero-order chi connectivity index (χ0) is 42.4. The highest BCUT2D eigenvalue weighted by molar-refractivity contribution is 5.84. The third-order valence-electron chi connectivity index (χ3n) is 9.27. The van der Waals surface area contributed by atoms with E-state index >= 15 is 0 Å². The quantitative estimate of drug-likeness (QED) is 0.0544. The van der Waals surface area contributed by atoms with E-state index in [4.69, 9.17) is 24.1 Å². The Balaban J connectivity index is 3.67. The first kappa shape index (κ1) is 53.7. The molecule has 0 saturated heterocycles. The molecule has 0 spiro atoms. The fourth-order valence-electron chi connectivity index (χ4n) is 5.90. The molecule has 0 aliphatic carbocycles. The molecule has 0 saturated carbocycles. The van der Waals surface area contributed by atoms with Crippen molar-refractivity contribution < 1.29 is 62.7 Å². The molecule has 0 radical (unpaired) electrons. The normalized spacial score (nSPS) is 12.2. The molecule has 0 aliphatic rings. The first-order valence-electron chi connectivity index (χ1n) is 21.0. The van der Waals surface area contributed by atoms with E-state index in [1.807, 2.05) is 0 Å². The van der Waals surface area contributed by atoms with Crippen LogP contribution in [0.15, 0.2) is 0 Å². The molecular weight excluding hydrogens is 742 g/mol. The first-order chi connectivity index (χ1) is 27.5. The van der Waals surface area contributed by atoms with Gasteiger partial charge < -0.3 is 45.1 Å². The number of nitrogens with one attached hydrogen (secondary N) is 3. The summed E-state index contributed by atoms with van der Waals surface area (Å²) in [7, 11) is 1.76. The number of carbonyl (C=O) groups excluding carboxylic acids is 5. The summed E-state index contributed by atoms with van der Waals surface area (Å²) in [6.07, 6.45) is 13.6. The summed E-state index contributed by atoms with van der Waals surface area (Å²) in [6, 6.07) is -0.146. The Morgan fingerprint density at radius 3 is 1.65 bits per heavy atom. The number of hydrogen-bond acceptors (Lipinski definition) is 12. The van der Waals surface area contributed by atoms with Gasteiger partial charge in [0.2, 0.25) is 11.8 Å². The molecule has 16 heteroatoms. The monoisotopic (exact) mass is 816 g/mol. The lowest BCUT2D eigenvalue weighted by molar-refractivity contribution is -0.144. The van der Waals surface area contributed by atoms with Gasteiger partial charge in [-0.2, -0.15) is 0 Å². The van der Waals surface area contributed by atoms with Gasteiger partial charge in [0.25, 0.3) is 0 Å². The van der Waals surface area contributed by atoms with Gasteiger partial charge in [0.05, 0.1) is 45.0 Å². The topological polar surface area (TPSA) is 233 Å². The van der Waals surface area contributed by atoms with E-state index in [1.54, 1.807) is 14.0 Å². The molecule has 0 aromatic heterocycles. The number of carboxylic acids is 2. The number of ketones is 3. The fraction of sp³-hybridized carbons (Fsp3) is 0.829. The minimum atomic E-state index is -1.08. The van der Waals surface area contributed by atoms with Crippen molar-refractivity contribution in [1.82, 2.24) is 16.0 Å². The molecule has 0 rings (SSSR count). The highest BCUT2D eigenvalue weighted by Gasteiger charge is 2.22. The van der Waals surface area contributed by atoms with Crippen LogP contribution in [0.1, 0.15) is 135 Å². The molecule has 0 aromatic rings. The maximum atomic E-state index is 12.4. The number of likely N-dealkylation sites (N-methyl/N-ethyl adjacent to an activating group) is 1. The van der Waals surface area contributed by atoms with Crippen LogP contribution in [0.25, 0.3) is 0 Å². The van der Waals surface area contributed by atoms with E-state index in [0.717, 1.165) is 83.5 Å². The van der Waals surface area contributed by atoms with Crippen molar-refractivity contribution in [3.05, 3.63) is 0 Å². The van der Waals surface area contributed by atoms with Crippen molar-refractivity contribution in [2.75, 3.05) is 73.0 Å². The van der Waals surface area contributed by atoms with Crippen molar-refractivity contribution >= 4 is 41.1 Å². The molecule has 0 bridgehead atoms. The molecule has 0 fully saturated rings. The number of unbranched alkanes of at least 4 members (excludes halogenated alkanes) is 10. The fourth-order valence-corrected chi connectivity index (χ4v) is 5.90. The lowest BCUT2D eigenvalue weighted by Crippen LogP contribution is -2.32. The molecule has 330 valence electrons. The van der Waals surface area contributed by atoms with E-state index in [-0.39, 0.29) is 107 Å². The van der Waals surface area contributed by atoms with Crippen molar-refractivity contribution in [1.29, 1.82) is 0 Å². The molecule has 0 aliphatic heterocycles. The van der Waals surface area contributed by atoms with Crippen molar-refractivity contribution in [3.63, 3.8) is 0 Å². The average Bonchev–Trinajstić information content (AvgIpc) is 3.16. The van der Waals surface area contributed by atoms with Gasteiger partial charge in [-0.15, -0.1) is 0 Å². The van der Waals surface area contributed by atoms with Crippen LogP contribution in [0.5, 0.6) is 0 Å². The van der Waals surface area contributed by atoms with E-state index in [9.17, 15) is 38.7 Å². The van der Waals surface area contributed by atoms with Crippen LogP contribution in [-0.2, 0) is 52.5 Å². The largest absolute Gasteiger partial charge is 0.481 e. The molecule has 0 aromatic carbocycles. The van der Waals surface area contributed by atoms with E-state index in [2.05, 4.69) is 16.0 Å². The molecule has 2 amide bonds. The lowest BCUT2D eigenvalue weighted by atomic mass is 9.94. The molecule has 57 heavy (non-hydrogen) atoms. The number of ether oxygens (including phenoxy) is 4. The standard InChI is InChI=1S/C41H73N3O13/c1-33(45)37(42-2)18-13-14-22-43-39(49)32-57-29-26-54-24-15-17-36(47)31-56-28-27-55-25-23-44-38(48)21-20-34(41(52)53)30-35(46)16-11-9-7-5-3-4-6-8-10-12-19-40(50)51/h34,37,42H,3-32H2,1-2H3,(H,43,49)(H,44,48)(H,50,51)(H,52,53)/t34-,37+/m1/s1. The molecule has 0 heterocycles. The smallest absolute Gasteiger partial charge is 0.306 e. The van der Waals surface area contributed by atoms with Crippen LogP contribution < -0.4 is 16.0 Å². The number of hydrogen-bond donors (Lipinski definition) is 5. The Kier molecular flexibility index (Phi) is 36.0. The number of carbonyl (C=O) groups is 7. The Labute approximate surface area is 339 Å². The van der Waals surface area contributed by atoms with Crippen LogP contribution in [0.4, 0.5) is 0 Å². The van der Waals surface area contributed by atoms with Gasteiger partial charge in [0.15, 0.2) is 5.78 Å². The number of rotatable bonds is 43. The molecule has 16 nitrogen and oxygen atoms in total. The van der Waals surface area contributed by atoms with Crippen LogP contribution >= 0.6 is 0 Å². The van der Waals surface area contributed by atoms with Crippen molar-refractivity contribution in [3.8, 4) is 0 Å². The van der Waals surface area contributed by atoms with Gasteiger partial charge in [0.1, 0.15) is 24.8 Å². The second-order valence-electron chi connectivity index (χ2n) is 14.4. The van der Waals surface area contributed by atoms with Gasteiger partial charge in [-0.3, -0.25) is 33.6 Å². The van der Waals surface area contributed by atoms with Crippen LogP contribution in [-0.4, -0.2) is 130 Å². The first-order valence-corrected chi connectivity index (χ1v) is 21.0. The molecule has 2 atom stereocenters. The van der Waals surface area contributed by atoms with Crippen LogP contribution in [0, 0.1) is 5.92 Å². The predicted octanol–water partition coefficient (Wildman–Crippen LogP) is 4.19. The van der Waals surface area contributed by atoms with E-state index in [0.29, 0.717) is 39.0 Å². The van der Waals surface area contributed by atoms with Gasteiger partial charge >= 0.3 is 11.9 Å². The summed E-state index contributed by atoms with van der Waals surface area (Å²) in [5.41, 5.74) is 0. The van der Waals surface area contributed by atoms with Gasteiger partial charge in [-0.1, -0.05) is 51.4 Å². The Morgan fingerprint density at radius 1 is 0.509 bits per heavy atom. The maximum absolute atomic E-state index is 12.4. The lowest BCUT2D eigenvalue weighted by Gasteiger charge is -2.12. The molecular formula is C41H73N3O13. The summed E-state index contributed by atoms with van der Waals surface area (Å²) in [6.45, 7) is 3.84. The molecule has 5 N–H and O–H groups in total. The second kappa shape index (κ2) is 38.2. The van der Waals surface area contributed by atoms with Gasteiger partial charge in [-0.05, 0) is 58.9 Å². The Morgan fingerprint density at radius 2 is 1.05 bits per heavy atom. The predicted molar refractivity (Wildman–Crippen MR) is 214 cm³/mol. The van der Waals surface area contributed by atoms with Crippen LogP contribution in [0.3, 0.4) is 0 Å². The summed E-state index contributed by atoms with van der Waals surface area (Å²) in [4.78, 5) is 81.9. The summed E-state index contributed by atoms with van der Waals surface area (Å²) in [5, 5.41) is 26.6. The number of Topliss-reactive ketones (excluding diaryl/α,β-unsaturated/α-hetero) is 3. The van der Waals surface area contributed by atoms with Crippen LogP contribution in [0.2, 0.25) is 0 Å². The number of carboxylic acid groups (broad SMARTS) is 2. The Hall–Kier alpha value is -3.31. The summed E-state index contributed by atoms with van der Waals surface area (Å²) in [5.74, 6) is -3.29. The minimum absolute atomic E-state index is 0.00313. The second-order valence-corrected chi connectivity index (χ2v) is 14.4. The average molecular weight is 816 g/mol. The summed E-state index contributed by atoms with van der Waals surface area (Å²) >= 11 is 0. The van der Waals surface area contributed by atoms with E-state index in [1.165, 1.54) is 0 Å². The zero-order valence-corrected chi connectivity index (χ0v) is 34.8. The van der Waals surface area contributed by atoms with Gasteiger partial charge in [0, 0.05) is 51.8 Å². The third kappa shape index (κ3) is 36.8. The van der Waals surface area contributed by atoms with Crippen molar-refractivity contribution in [2.24, 2.45) is 5.92 Å². The minimum Gasteiger partial charge on any atom is -0.481 e. The van der Waals surface area contributed by atoms with Gasteiger partial charge in [-0.25, -0.2) is 0 Å². The Bertz CT molecular complexity index is 1120. The molecule has 0 unspecified atom stereocenters. The third-order valence-corrected chi connectivity index (χ3v) is 9.27. The number of aliphatic carboxylic acids is 2. The SMILES string of the molecule is CN[C@@H](CCCCNC(=O)COCCOCCCC(=O)COCCOCCNC(=O)CC[C@H](CC(=O)CCCCCCCCCCCCC(=O)O)C(=O)O)C(C)=O. The maximum Gasteiger partial charge on any atom is 0.306 e.